The molecule has 17 rings (SSSR count). The number of nitrogens with zero attached hydrogens (tertiary/aromatic N) is 4. The van der Waals surface area contributed by atoms with E-state index in [1.807, 2.05) is 0 Å². The molecule has 3 aromatic heterocycles. The summed E-state index contributed by atoms with van der Waals surface area (Å²) >= 11 is -13.3. The molecule has 1 aliphatic heterocycles. The molecular weight excluding hydrogens is 1220 g/mol. The van der Waals surface area contributed by atoms with Crippen molar-refractivity contribution in [2.45, 2.75) is 0 Å². The van der Waals surface area contributed by atoms with Crippen molar-refractivity contribution < 1.29 is 0 Å². The van der Waals surface area contributed by atoms with E-state index in [-0.39, 0.29) is 0 Å². The van der Waals surface area contributed by atoms with Crippen LogP contribution in [0.3, 0.4) is 0 Å². The Bertz CT molecular complexity index is 5100. The number of hydrogen-bond acceptors (Lipinski definition) is 1. The zero-order valence-electron chi connectivity index (χ0n) is 47.1. The molecule has 4 heterocycles. The van der Waals surface area contributed by atoms with Crippen LogP contribution in [0.25, 0.3) is 61.0 Å². The molecule has 16 aromatic rings. The van der Waals surface area contributed by atoms with Crippen molar-refractivity contribution in [3.8, 4) is 11.4 Å². The molecular formula is C79H56Ge3N4. The van der Waals surface area contributed by atoms with Gasteiger partial charge in [-0.05, 0) is 0 Å². The average Bonchev–Trinajstić information content (AvgIpc) is 1.39. The van der Waals surface area contributed by atoms with E-state index in [9.17, 15) is 0 Å². The maximum absolute atomic E-state index is 5.62. The van der Waals surface area contributed by atoms with Crippen LogP contribution in [0.5, 0.6) is 0 Å². The molecule has 0 saturated heterocycles. The summed E-state index contributed by atoms with van der Waals surface area (Å²) in [7, 11) is 0. The van der Waals surface area contributed by atoms with Gasteiger partial charge in [0.2, 0.25) is 0 Å². The Balaban J connectivity index is 1.13. The monoisotopic (exact) mass is 1280 g/mol. The molecule has 7 heteroatoms. The predicted octanol–water partition coefficient (Wildman–Crippen LogP) is 9.97. The second-order valence-electron chi connectivity index (χ2n) is 22.9. The summed E-state index contributed by atoms with van der Waals surface area (Å²) in [5.41, 5.74) is 8.77. The van der Waals surface area contributed by atoms with Crippen LogP contribution in [-0.4, -0.2) is 58.3 Å². The first-order valence-corrected chi connectivity index (χ1v) is 42.4. The molecule has 0 bridgehead atoms. The van der Waals surface area contributed by atoms with Gasteiger partial charge in [-0.15, -0.1) is 0 Å². The van der Waals surface area contributed by atoms with Gasteiger partial charge in [-0.1, -0.05) is 6.07 Å². The summed E-state index contributed by atoms with van der Waals surface area (Å²) in [6, 6.07) is 132. The van der Waals surface area contributed by atoms with E-state index in [1.54, 1.807) is 0 Å². The molecule has 0 aliphatic carbocycles. The van der Waals surface area contributed by atoms with E-state index in [1.165, 1.54) is 63.5 Å². The second kappa shape index (κ2) is 20.4. The molecule has 0 spiro atoms. The third-order valence-electron chi connectivity index (χ3n) is 18.8. The van der Waals surface area contributed by atoms with Crippen molar-refractivity contribution in [1.82, 2.24) is 18.5 Å². The van der Waals surface area contributed by atoms with Crippen LogP contribution in [0.1, 0.15) is 0 Å². The zero-order chi connectivity index (χ0) is 56.8. The van der Waals surface area contributed by atoms with Crippen LogP contribution in [0.15, 0.2) is 340 Å². The molecule has 0 radical (unpaired) electrons. The van der Waals surface area contributed by atoms with Gasteiger partial charge in [0.15, 0.2) is 0 Å². The Labute approximate surface area is 507 Å². The van der Waals surface area contributed by atoms with Gasteiger partial charge in [0.1, 0.15) is 0 Å². The molecule has 1 aliphatic rings. The van der Waals surface area contributed by atoms with Crippen LogP contribution in [-0.2, 0) is 0 Å². The number of para-hydroxylation sites is 4. The molecule has 0 fully saturated rings. The fourth-order valence-electron chi connectivity index (χ4n) is 15.5. The first-order valence-electron chi connectivity index (χ1n) is 29.8. The van der Waals surface area contributed by atoms with Gasteiger partial charge >= 0.3 is 506 Å². The minimum atomic E-state index is -4.56. The molecule has 0 unspecified atom stereocenters. The Morgan fingerprint density at radius 1 is 0.233 bits per heavy atom. The van der Waals surface area contributed by atoms with Crippen molar-refractivity contribution in [3.63, 3.8) is 0 Å². The van der Waals surface area contributed by atoms with Crippen LogP contribution in [0.2, 0.25) is 0 Å². The van der Waals surface area contributed by atoms with Crippen molar-refractivity contribution in [1.29, 1.82) is 0 Å². The van der Waals surface area contributed by atoms with Gasteiger partial charge < -0.3 is 0 Å². The van der Waals surface area contributed by atoms with E-state index in [0.717, 1.165) is 50.3 Å². The fourth-order valence-corrected chi connectivity index (χ4v) is 58.8. The molecule has 0 N–H and O–H groups in total. The number of fused-ring (bicyclic) bond motifs is 12. The number of rotatable bonds is 8. The summed E-state index contributed by atoms with van der Waals surface area (Å²) in [5.74, 6) is 0.887. The molecule has 0 atom stereocenters. The summed E-state index contributed by atoms with van der Waals surface area (Å²) < 4.78 is 24.8. The average molecular weight is 1280 g/mol. The quantitative estimate of drug-likeness (QED) is 0.139. The summed E-state index contributed by atoms with van der Waals surface area (Å²) in [5, 5.41) is 2.40. The molecule has 4 nitrogen and oxygen atoms in total. The normalized spacial score (nSPS) is 14.1. The third kappa shape index (κ3) is 7.21. The van der Waals surface area contributed by atoms with Crippen molar-refractivity contribution in [2.75, 3.05) is 0 Å². The topological polar surface area (TPSA) is 27.2 Å². The Morgan fingerprint density at radius 2 is 0.593 bits per heavy atom. The van der Waals surface area contributed by atoms with Crippen LogP contribution in [0.4, 0.5) is 0 Å². The van der Waals surface area contributed by atoms with E-state index < -0.39 is 39.8 Å². The van der Waals surface area contributed by atoms with E-state index in [0.29, 0.717) is 0 Å². The van der Waals surface area contributed by atoms with Gasteiger partial charge in [0, 0.05) is 0 Å². The van der Waals surface area contributed by atoms with Gasteiger partial charge in [-0.3, -0.25) is 0 Å². The van der Waals surface area contributed by atoms with Crippen LogP contribution >= 0.6 is 0 Å². The number of hydrogen-bond donors (Lipinski definition) is 0. The van der Waals surface area contributed by atoms with Gasteiger partial charge in [-0.2, -0.15) is 0 Å². The van der Waals surface area contributed by atoms with E-state index in [2.05, 4.69) is 353 Å². The van der Waals surface area contributed by atoms with Crippen molar-refractivity contribution in [3.05, 3.63) is 340 Å². The van der Waals surface area contributed by atoms with Crippen LogP contribution in [0, 0.1) is 0 Å². The zero-order valence-corrected chi connectivity index (χ0v) is 53.4. The van der Waals surface area contributed by atoms with Crippen molar-refractivity contribution >= 4 is 142 Å². The SMILES string of the molecule is c1ccc(-n2c3ccccc3n3c4c(ccc5c6ccccc6n(-c6cc[c]7[c](c6)[Ge]([c]6ccccc6)([c]6ccccc6)[c]6cccc[c]6[Ge]([c]6ccccc6)([c]6ccccc6)[c]6cccc[c]6[Ge]7([c]6ccccc6)[c]6ccccc6)c54)nc23)cc1. The first kappa shape index (κ1) is 51.0. The van der Waals surface area contributed by atoms with Gasteiger partial charge in [0.05, 0.1) is 0 Å². The summed E-state index contributed by atoms with van der Waals surface area (Å²) in [6.07, 6.45) is 0. The first-order chi connectivity index (χ1) is 42.7. The molecule has 0 amide bonds. The Kier molecular flexibility index (Phi) is 12.1. The molecule has 0 saturated carbocycles. The number of imidazole rings is 2. The maximum atomic E-state index is 5.62. The molecule has 86 heavy (non-hydrogen) atoms. The molecule has 404 valence electrons. The summed E-state index contributed by atoms with van der Waals surface area (Å²) in [4.78, 5) is 5.62. The van der Waals surface area contributed by atoms with E-state index >= 15 is 0 Å². The molecule has 13 aromatic carbocycles. The van der Waals surface area contributed by atoms with Gasteiger partial charge in [-0.25, -0.2) is 0 Å². The number of benzene rings is 13. The third-order valence-corrected chi connectivity index (χ3v) is 52.8. The standard InChI is InChI=1S/C79H56Ge3N4/c1-8-30-57(31-9-1)80(58-32-10-2-11-33-58)67-45-23-24-46-68(67)81(59-34-12-3-13-35-59,60-36-14-4-15-37-60)71-54-52-64(56-72(71)82(61-38-16-5-17-39-61,62-40-18-6-19-41-62)70-48-26-25-47-69(70)80)84-74-49-27-22-44-65(74)66-53-55-73-78(77(66)84)86-76-51-29-28-50-75(76)85(79(86)83-73)63-42-20-7-21-43-63/h1-56H. The van der Waals surface area contributed by atoms with Crippen LogP contribution < -0.4 is 52.8 Å². The predicted molar refractivity (Wildman–Crippen MR) is 368 cm³/mol. The van der Waals surface area contributed by atoms with E-state index in [4.69, 9.17) is 4.98 Å². The second-order valence-corrected chi connectivity index (χ2v) is 46.3. The Morgan fingerprint density at radius 3 is 1.05 bits per heavy atom. The van der Waals surface area contributed by atoms with Crippen molar-refractivity contribution in [2.24, 2.45) is 0 Å². The minimum absolute atomic E-state index is 0.887. The number of aromatic nitrogens is 4. The summed E-state index contributed by atoms with van der Waals surface area (Å²) in [6.45, 7) is 0. The Hall–Kier alpha value is -9.44. The van der Waals surface area contributed by atoms with Gasteiger partial charge in [0.25, 0.3) is 0 Å². The fraction of sp³-hybridized carbons (Fsp3) is 0.